The van der Waals surface area contributed by atoms with Crippen LogP contribution in [0.5, 0.6) is 5.75 Å². The smallest absolute Gasteiger partial charge is 0.255 e. The number of hydrogen-bond donors (Lipinski definition) is 3. The van der Waals surface area contributed by atoms with Gasteiger partial charge in [0.2, 0.25) is 10.0 Å². The van der Waals surface area contributed by atoms with Crippen LogP contribution in [0.25, 0.3) is 0 Å². The fourth-order valence-corrected chi connectivity index (χ4v) is 2.28. The van der Waals surface area contributed by atoms with E-state index < -0.39 is 15.9 Å². The van der Waals surface area contributed by atoms with Gasteiger partial charge in [0.1, 0.15) is 5.75 Å². The first kappa shape index (κ1) is 14.9. The lowest BCUT2D eigenvalue weighted by Crippen LogP contribution is -2.13. The third kappa shape index (κ3) is 4.50. The third-order valence-electron chi connectivity index (χ3n) is 2.53. The van der Waals surface area contributed by atoms with Gasteiger partial charge in [0, 0.05) is 23.0 Å². The van der Waals surface area contributed by atoms with Gasteiger partial charge in [0.25, 0.3) is 5.91 Å². The summed E-state index contributed by atoms with van der Waals surface area (Å²) in [5, 5.41) is 12.0. The Labute approximate surface area is 122 Å². The van der Waals surface area contributed by atoms with Crippen molar-refractivity contribution in [3.63, 3.8) is 0 Å². The molecule has 7 heteroatoms. The molecule has 21 heavy (non-hydrogen) atoms. The summed E-state index contributed by atoms with van der Waals surface area (Å²) in [4.78, 5) is 12.1. The van der Waals surface area contributed by atoms with Gasteiger partial charge >= 0.3 is 0 Å². The first-order valence-electron chi connectivity index (χ1n) is 6.02. The highest BCUT2D eigenvalue weighted by molar-refractivity contribution is 7.92. The van der Waals surface area contributed by atoms with Gasteiger partial charge in [-0.05, 0) is 30.3 Å². The summed E-state index contributed by atoms with van der Waals surface area (Å²) < 4.78 is 24.6. The maximum atomic E-state index is 12.1. The Morgan fingerprint density at radius 3 is 2.38 bits per heavy atom. The van der Waals surface area contributed by atoms with Crippen LogP contribution in [0.15, 0.2) is 48.5 Å². The van der Waals surface area contributed by atoms with Crippen molar-refractivity contribution in [2.24, 2.45) is 0 Å². The molecule has 0 fully saturated rings. The monoisotopic (exact) mass is 306 g/mol. The number of rotatable bonds is 4. The van der Waals surface area contributed by atoms with Crippen LogP contribution in [0.1, 0.15) is 10.4 Å². The molecule has 0 unspecified atom stereocenters. The van der Waals surface area contributed by atoms with Crippen molar-refractivity contribution in [2.75, 3.05) is 16.3 Å². The summed E-state index contributed by atoms with van der Waals surface area (Å²) in [6.07, 6.45) is 1.03. The Balaban J connectivity index is 2.18. The summed E-state index contributed by atoms with van der Waals surface area (Å²) >= 11 is 0. The summed E-state index contributed by atoms with van der Waals surface area (Å²) in [6.45, 7) is 0. The van der Waals surface area contributed by atoms with Crippen molar-refractivity contribution in [1.29, 1.82) is 0 Å². The van der Waals surface area contributed by atoms with Gasteiger partial charge < -0.3 is 10.4 Å². The molecule has 0 saturated heterocycles. The summed E-state index contributed by atoms with van der Waals surface area (Å²) in [6, 6.07) is 12.3. The quantitative estimate of drug-likeness (QED) is 0.805. The van der Waals surface area contributed by atoms with Gasteiger partial charge in [-0.25, -0.2) is 8.42 Å². The summed E-state index contributed by atoms with van der Waals surface area (Å²) in [7, 11) is -3.40. The molecule has 0 spiro atoms. The minimum Gasteiger partial charge on any atom is -0.508 e. The Kier molecular flexibility index (Phi) is 4.13. The van der Waals surface area contributed by atoms with Crippen LogP contribution in [-0.4, -0.2) is 25.7 Å². The Morgan fingerprint density at radius 1 is 1.05 bits per heavy atom. The number of aromatic hydroxyl groups is 1. The maximum Gasteiger partial charge on any atom is 0.255 e. The molecule has 0 saturated carbocycles. The fraction of sp³-hybridized carbons (Fsp3) is 0.0714. The van der Waals surface area contributed by atoms with Crippen molar-refractivity contribution in [2.45, 2.75) is 0 Å². The largest absolute Gasteiger partial charge is 0.508 e. The summed E-state index contributed by atoms with van der Waals surface area (Å²) in [5.74, 6) is -0.363. The Hall–Kier alpha value is -2.54. The molecule has 0 atom stereocenters. The lowest BCUT2D eigenvalue weighted by molar-refractivity contribution is 0.102. The van der Waals surface area contributed by atoms with E-state index in [0.717, 1.165) is 6.26 Å². The molecule has 6 nitrogen and oxygen atoms in total. The van der Waals surface area contributed by atoms with Gasteiger partial charge in [-0.3, -0.25) is 9.52 Å². The molecule has 1 amide bonds. The number of sulfonamides is 1. The number of benzene rings is 2. The van der Waals surface area contributed by atoms with Gasteiger partial charge in [-0.15, -0.1) is 0 Å². The minimum atomic E-state index is -3.40. The fourth-order valence-electron chi connectivity index (χ4n) is 1.72. The van der Waals surface area contributed by atoms with Crippen LogP contribution < -0.4 is 10.0 Å². The predicted octanol–water partition coefficient (Wildman–Crippen LogP) is 2.02. The van der Waals surface area contributed by atoms with Gasteiger partial charge in [0.05, 0.1) is 6.26 Å². The first-order chi connectivity index (χ1) is 9.83. The van der Waals surface area contributed by atoms with E-state index >= 15 is 0 Å². The second-order valence-electron chi connectivity index (χ2n) is 4.46. The van der Waals surface area contributed by atoms with Crippen LogP contribution >= 0.6 is 0 Å². The van der Waals surface area contributed by atoms with Crippen molar-refractivity contribution in [1.82, 2.24) is 0 Å². The van der Waals surface area contributed by atoms with E-state index in [1.807, 2.05) is 0 Å². The van der Waals surface area contributed by atoms with E-state index in [0.29, 0.717) is 16.9 Å². The zero-order chi connectivity index (χ0) is 15.5. The number of hydrogen-bond acceptors (Lipinski definition) is 4. The van der Waals surface area contributed by atoms with Crippen molar-refractivity contribution < 1.29 is 18.3 Å². The Bertz CT molecular complexity index is 772. The maximum absolute atomic E-state index is 12.1. The second-order valence-corrected chi connectivity index (χ2v) is 6.21. The van der Waals surface area contributed by atoms with Gasteiger partial charge in [-0.2, -0.15) is 0 Å². The minimum absolute atomic E-state index is 0.0419. The van der Waals surface area contributed by atoms with Crippen LogP contribution in [-0.2, 0) is 10.0 Å². The number of carbonyl (C=O) groups excluding carboxylic acids is 1. The summed E-state index contributed by atoms with van der Waals surface area (Å²) in [5.41, 5.74) is 1.05. The highest BCUT2D eigenvalue weighted by atomic mass is 32.2. The molecule has 0 aliphatic heterocycles. The molecule has 2 aromatic rings. The number of phenols is 1. The van der Waals surface area contributed by atoms with Crippen LogP contribution in [0.3, 0.4) is 0 Å². The number of nitrogens with one attached hydrogen (secondary N) is 2. The standard InChI is InChI=1S/C14H14N2O4S/c1-21(19,20)16-12-6-2-4-10(8-12)14(18)15-11-5-3-7-13(17)9-11/h2-9,16-17H,1H3,(H,15,18). The normalized spacial score (nSPS) is 10.9. The molecule has 3 N–H and O–H groups in total. The van der Waals surface area contributed by atoms with Crippen molar-refractivity contribution in [3.05, 3.63) is 54.1 Å². The molecule has 0 radical (unpaired) electrons. The molecule has 0 aromatic heterocycles. The van der Waals surface area contributed by atoms with Crippen LogP contribution in [0.4, 0.5) is 11.4 Å². The van der Waals surface area contributed by atoms with Crippen LogP contribution in [0.2, 0.25) is 0 Å². The van der Waals surface area contributed by atoms with Crippen molar-refractivity contribution in [3.8, 4) is 5.75 Å². The van der Waals surface area contributed by atoms with Crippen LogP contribution in [0, 0.1) is 0 Å². The molecule has 0 bridgehead atoms. The number of carbonyl (C=O) groups is 1. The SMILES string of the molecule is CS(=O)(=O)Nc1cccc(C(=O)Nc2cccc(O)c2)c1. The lowest BCUT2D eigenvalue weighted by Gasteiger charge is -2.08. The molecular weight excluding hydrogens is 292 g/mol. The zero-order valence-electron chi connectivity index (χ0n) is 11.2. The molecule has 2 aromatic carbocycles. The average molecular weight is 306 g/mol. The molecule has 110 valence electrons. The third-order valence-corrected chi connectivity index (χ3v) is 3.14. The molecule has 0 aliphatic rings. The van der Waals surface area contributed by atoms with Crippen molar-refractivity contribution >= 4 is 27.3 Å². The van der Waals surface area contributed by atoms with Gasteiger partial charge in [-0.1, -0.05) is 12.1 Å². The first-order valence-corrected chi connectivity index (χ1v) is 7.91. The highest BCUT2D eigenvalue weighted by Crippen LogP contribution is 2.17. The number of anilines is 2. The number of phenolic OH excluding ortho intramolecular Hbond substituents is 1. The lowest BCUT2D eigenvalue weighted by atomic mass is 10.2. The molecule has 2 rings (SSSR count). The number of amides is 1. The Morgan fingerprint density at radius 2 is 1.71 bits per heavy atom. The van der Waals surface area contributed by atoms with E-state index in [2.05, 4.69) is 10.0 Å². The van der Waals surface area contributed by atoms with E-state index in [-0.39, 0.29) is 5.75 Å². The zero-order valence-corrected chi connectivity index (χ0v) is 12.0. The van der Waals surface area contributed by atoms with E-state index in [9.17, 15) is 18.3 Å². The second kappa shape index (κ2) is 5.84. The molecule has 0 aliphatic carbocycles. The van der Waals surface area contributed by atoms with Gasteiger partial charge in [0.15, 0.2) is 0 Å². The van der Waals surface area contributed by atoms with E-state index in [4.69, 9.17) is 0 Å². The highest BCUT2D eigenvalue weighted by Gasteiger charge is 2.09. The molecule has 0 heterocycles. The van der Waals surface area contributed by atoms with E-state index in [1.165, 1.54) is 18.2 Å². The topological polar surface area (TPSA) is 95.5 Å². The molecular formula is C14H14N2O4S. The predicted molar refractivity (Wildman–Crippen MR) is 81.0 cm³/mol. The average Bonchev–Trinajstić information content (AvgIpc) is 2.37. The van der Waals surface area contributed by atoms with E-state index in [1.54, 1.807) is 30.3 Å².